The molecule has 21 heavy (non-hydrogen) atoms. The molecule has 7 nitrogen and oxygen atoms in total. The average Bonchev–Trinajstić information content (AvgIpc) is 3.07. The summed E-state index contributed by atoms with van der Waals surface area (Å²) in [5.74, 6) is 0.0860. The number of aryl methyl sites for hydroxylation is 1. The Morgan fingerprint density at radius 3 is 2.81 bits per heavy atom. The van der Waals surface area contributed by atoms with Gasteiger partial charge in [0.1, 0.15) is 12.3 Å². The van der Waals surface area contributed by atoms with E-state index in [1.54, 1.807) is 0 Å². The maximum Gasteiger partial charge on any atom is 0.248 e. The van der Waals surface area contributed by atoms with E-state index in [1.165, 1.54) is 0 Å². The lowest BCUT2D eigenvalue weighted by molar-refractivity contribution is -0.135. The number of hydrogen-bond donors (Lipinski definition) is 0. The minimum atomic E-state index is 0.0860. The molecule has 2 aliphatic heterocycles. The molecule has 7 heteroatoms. The number of amides is 1. The zero-order valence-corrected chi connectivity index (χ0v) is 12.6. The van der Waals surface area contributed by atoms with Crippen molar-refractivity contribution in [3.8, 4) is 0 Å². The van der Waals surface area contributed by atoms with Gasteiger partial charge in [0.15, 0.2) is 0 Å². The maximum atomic E-state index is 11.9. The highest BCUT2D eigenvalue weighted by Crippen LogP contribution is 2.14. The molecule has 0 atom stereocenters. The lowest BCUT2D eigenvalue weighted by atomic mass is 10.3. The number of hydrogen-bond acceptors (Lipinski definition) is 5. The van der Waals surface area contributed by atoms with E-state index in [1.807, 2.05) is 9.58 Å². The molecule has 1 aromatic heterocycles. The van der Waals surface area contributed by atoms with Gasteiger partial charge in [-0.3, -0.25) is 4.79 Å². The summed E-state index contributed by atoms with van der Waals surface area (Å²) in [6.45, 7) is 5.05. The molecule has 3 rings (SSSR count). The van der Waals surface area contributed by atoms with Gasteiger partial charge in [0.05, 0.1) is 12.3 Å². The van der Waals surface area contributed by atoms with E-state index in [9.17, 15) is 4.79 Å². The molecule has 1 amide bonds. The third-order valence-corrected chi connectivity index (χ3v) is 4.17. The van der Waals surface area contributed by atoms with E-state index in [2.05, 4.69) is 22.3 Å². The average molecular weight is 293 g/mol. The van der Waals surface area contributed by atoms with Crippen LogP contribution in [0.1, 0.15) is 30.7 Å². The SMILES string of the molecule is CN1CCCn2nnc(COCC(=O)N3CCCC3)c2C1. The van der Waals surface area contributed by atoms with Crippen LogP contribution in [-0.2, 0) is 29.2 Å². The van der Waals surface area contributed by atoms with E-state index >= 15 is 0 Å². The van der Waals surface area contributed by atoms with E-state index in [0.29, 0.717) is 6.61 Å². The number of carbonyl (C=O) groups excluding carboxylic acids is 1. The highest BCUT2D eigenvalue weighted by atomic mass is 16.5. The first-order valence-corrected chi connectivity index (χ1v) is 7.69. The number of aromatic nitrogens is 3. The lowest BCUT2D eigenvalue weighted by Gasteiger charge is -2.15. The smallest absolute Gasteiger partial charge is 0.248 e. The van der Waals surface area contributed by atoms with Gasteiger partial charge in [-0.05, 0) is 26.3 Å². The van der Waals surface area contributed by atoms with Crippen LogP contribution < -0.4 is 0 Å². The molecule has 0 N–H and O–H groups in total. The van der Waals surface area contributed by atoms with Crippen molar-refractivity contribution in [1.29, 1.82) is 0 Å². The van der Waals surface area contributed by atoms with Crippen LogP contribution in [0.25, 0.3) is 0 Å². The summed E-state index contributed by atoms with van der Waals surface area (Å²) in [4.78, 5) is 16.1. The van der Waals surface area contributed by atoms with Crippen molar-refractivity contribution < 1.29 is 9.53 Å². The highest BCUT2D eigenvalue weighted by Gasteiger charge is 2.20. The van der Waals surface area contributed by atoms with Crippen molar-refractivity contribution in [1.82, 2.24) is 24.8 Å². The van der Waals surface area contributed by atoms with E-state index < -0.39 is 0 Å². The fourth-order valence-electron chi connectivity index (χ4n) is 2.95. The minimum Gasteiger partial charge on any atom is -0.365 e. The third-order valence-electron chi connectivity index (χ3n) is 4.17. The molecule has 0 spiro atoms. The Hall–Kier alpha value is -1.47. The Morgan fingerprint density at radius 1 is 1.19 bits per heavy atom. The van der Waals surface area contributed by atoms with Gasteiger partial charge in [-0.1, -0.05) is 5.21 Å². The molecular weight excluding hydrogens is 270 g/mol. The minimum absolute atomic E-state index is 0.0860. The second-order valence-corrected chi connectivity index (χ2v) is 5.88. The van der Waals surface area contributed by atoms with Gasteiger partial charge in [-0.15, -0.1) is 5.10 Å². The number of fused-ring (bicyclic) bond motifs is 1. The lowest BCUT2D eigenvalue weighted by Crippen LogP contribution is -2.31. The zero-order chi connectivity index (χ0) is 14.7. The van der Waals surface area contributed by atoms with Crippen LogP contribution in [0.15, 0.2) is 0 Å². The van der Waals surface area contributed by atoms with Gasteiger partial charge in [0.25, 0.3) is 0 Å². The predicted molar refractivity (Wildman–Crippen MR) is 76.4 cm³/mol. The monoisotopic (exact) mass is 293 g/mol. The highest BCUT2D eigenvalue weighted by molar-refractivity contribution is 5.77. The molecule has 0 unspecified atom stereocenters. The molecule has 116 valence electrons. The van der Waals surface area contributed by atoms with Crippen LogP contribution >= 0.6 is 0 Å². The molecule has 0 saturated carbocycles. The largest absolute Gasteiger partial charge is 0.365 e. The van der Waals surface area contributed by atoms with Crippen molar-refractivity contribution in [2.24, 2.45) is 0 Å². The summed E-state index contributed by atoms with van der Waals surface area (Å²) in [7, 11) is 2.10. The molecular formula is C14H23N5O2. The summed E-state index contributed by atoms with van der Waals surface area (Å²) in [6, 6.07) is 0. The van der Waals surface area contributed by atoms with Crippen LogP contribution in [0.2, 0.25) is 0 Å². The van der Waals surface area contributed by atoms with Gasteiger partial charge >= 0.3 is 0 Å². The van der Waals surface area contributed by atoms with E-state index in [0.717, 1.165) is 63.4 Å². The van der Waals surface area contributed by atoms with Gasteiger partial charge in [-0.2, -0.15) is 0 Å². The Kier molecular flexibility index (Phi) is 4.50. The second-order valence-electron chi connectivity index (χ2n) is 5.88. The number of carbonyl (C=O) groups is 1. The Bertz CT molecular complexity index is 496. The van der Waals surface area contributed by atoms with Crippen molar-refractivity contribution in [3.63, 3.8) is 0 Å². The van der Waals surface area contributed by atoms with Crippen molar-refractivity contribution >= 4 is 5.91 Å². The molecule has 2 aliphatic rings. The van der Waals surface area contributed by atoms with Gasteiger partial charge in [0.2, 0.25) is 5.91 Å². The molecule has 1 aromatic rings. The molecule has 1 fully saturated rings. The summed E-state index contributed by atoms with van der Waals surface area (Å²) in [5, 5.41) is 8.40. The molecule has 3 heterocycles. The van der Waals surface area contributed by atoms with Gasteiger partial charge in [0, 0.05) is 32.7 Å². The summed E-state index contributed by atoms with van der Waals surface area (Å²) in [5.41, 5.74) is 1.97. The molecule has 0 aromatic carbocycles. The molecule has 0 bridgehead atoms. The third kappa shape index (κ3) is 3.41. The molecule has 1 saturated heterocycles. The maximum absolute atomic E-state index is 11.9. The number of likely N-dealkylation sites (tertiary alicyclic amines) is 1. The normalized spacial score (nSPS) is 19.6. The fraction of sp³-hybridized carbons (Fsp3) is 0.786. The summed E-state index contributed by atoms with van der Waals surface area (Å²) >= 11 is 0. The Labute approximate surface area is 124 Å². The van der Waals surface area contributed by atoms with Crippen LogP contribution in [0, 0.1) is 0 Å². The standard InChI is InChI=1S/C14H23N5O2/c1-17-5-4-8-19-13(9-17)12(15-16-19)10-21-11-14(20)18-6-2-3-7-18/h2-11H2,1H3. The van der Waals surface area contributed by atoms with Crippen molar-refractivity contribution in [2.45, 2.75) is 39.0 Å². The quantitative estimate of drug-likeness (QED) is 0.796. The van der Waals surface area contributed by atoms with Crippen LogP contribution in [0.3, 0.4) is 0 Å². The van der Waals surface area contributed by atoms with Crippen LogP contribution in [0.4, 0.5) is 0 Å². The van der Waals surface area contributed by atoms with E-state index in [4.69, 9.17) is 4.74 Å². The first-order valence-electron chi connectivity index (χ1n) is 7.69. The van der Waals surface area contributed by atoms with Crippen molar-refractivity contribution in [2.75, 3.05) is 33.3 Å². The summed E-state index contributed by atoms with van der Waals surface area (Å²) in [6.07, 6.45) is 3.30. The topological polar surface area (TPSA) is 63.5 Å². The summed E-state index contributed by atoms with van der Waals surface area (Å²) < 4.78 is 7.53. The van der Waals surface area contributed by atoms with Gasteiger partial charge in [-0.25, -0.2) is 4.68 Å². The number of rotatable bonds is 4. The molecule has 0 aliphatic carbocycles. The first kappa shape index (κ1) is 14.5. The Morgan fingerprint density at radius 2 is 2.00 bits per heavy atom. The van der Waals surface area contributed by atoms with Crippen LogP contribution in [0.5, 0.6) is 0 Å². The predicted octanol–water partition coefficient (Wildman–Crippen LogP) is 0.253. The van der Waals surface area contributed by atoms with Crippen molar-refractivity contribution in [3.05, 3.63) is 11.4 Å². The fourth-order valence-corrected chi connectivity index (χ4v) is 2.95. The van der Waals surface area contributed by atoms with E-state index in [-0.39, 0.29) is 12.5 Å². The number of nitrogens with zero attached hydrogens (tertiary/aromatic N) is 5. The second kappa shape index (κ2) is 6.53. The van der Waals surface area contributed by atoms with Gasteiger partial charge < -0.3 is 14.5 Å². The first-order chi connectivity index (χ1) is 10.2. The van der Waals surface area contributed by atoms with Crippen LogP contribution in [-0.4, -0.2) is 64.0 Å². The zero-order valence-electron chi connectivity index (χ0n) is 12.6. The molecule has 0 radical (unpaired) electrons. The Balaban J connectivity index is 1.53. The number of ether oxygens (including phenoxy) is 1.